The lowest BCUT2D eigenvalue weighted by molar-refractivity contribution is -0.119. The van der Waals surface area contributed by atoms with Crippen molar-refractivity contribution < 1.29 is 18.7 Å². The Kier molecular flexibility index (Phi) is 5.70. The van der Waals surface area contributed by atoms with Crippen LogP contribution in [0.15, 0.2) is 52.9 Å². The molecule has 2 aromatic rings. The molecule has 0 saturated carbocycles. The Morgan fingerprint density at radius 3 is 2.71 bits per heavy atom. The van der Waals surface area contributed by atoms with Crippen LogP contribution in [0.2, 0.25) is 0 Å². The maximum absolute atomic E-state index is 14.9. The molecule has 2 aliphatic heterocycles. The van der Waals surface area contributed by atoms with E-state index in [0.717, 1.165) is 11.1 Å². The van der Waals surface area contributed by atoms with E-state index in [9.17, 15) is 14.0 Å². The van der Waals surface area contributed by atoms with Crippen LogP contribution in [0.3, 0.4) is 0 Å². The van der Waals surface area contributed by atoms with Crippen molar-refractivity contribution in [2.24, 2.45) is 10.4 Å². The SMILES string of the molecule is CC(=O)NC[C@H]1CN(c2ccc(-c3ccc(CN4N=NNC4C)cc3)c(F)c2)C(=O)O1. The van der Waals surface area contributed by atoms with E-state index in [1.165, 1.54) is 17.9 Å². The zero-order valence-electron chi connectivity index (χ0n) is 17.2. The number of benzene rings is 2. The van der Waals surface area contributed by atoms with E-state index in [1.54, 1.807) is 12.1 Å². The number of hydrogen-bond donors (Lipinski definition) is 2. The van der Waals surface area contributed by atoms with Crippen molar-refractivity contribution in [1.29, 1.82) is 0 Å². The summed E-state index contributed by atoms with van der Waals surface area (Å²) in [4.78, 5) is 24.6. The molecule has 2 N–H and O–H groups in total. The number of cyclic esters (lactones) is 1. The molecule has 0 aromatic heterocycles. The fourth-order valence-corrected chi connectivity index (χ4v) is 3.46. The van der Waals surface area contributed by atoms with Gasteiger partial charge in [-0.15, -0.1) is 0 Å². The molecule has 2 amide bonds. The molecule has 0 aliphatic carbocycles. The molecule has 2 heterocycles. The number of anilines is 1. The molecule has 10 heteroatoms. The first-order valence-corrected chi connectivity index (χ1v) is 9.95. The van der Waals surface area contributed by atoms with Crippen LogP contribution in [0.25, 0.3) is 11.1 Å². The smallest absolute Gasteiger partial charge is 0.414 e. The van der Waals surface area contributed by atoms with Crippen LogP contribution in [0.5, 0.6) is 0 Å². The van der Waals surface area contributed by atoms with Gasteiger partial charge in [-0.2, -0.15) is 0 Å². The van der Waals surface area contributed by atoms with E-state index in [2.05, 4.69) is 21.2 Å². The fraction of sp³-hybridized carbons (Fsp3) is 0.333. The van der Waals surface area contributed by atoms with Crippen molar-refractivity contribution >= 4 is 17.7 Å². The van der Waals surface area contributed by atoms with Crippen LogP contribution in [-0.2, 0) is 16.1 Å². The van der Waals surface area contributed by atoms with Gasteiger partial charge in [0.2, 0.25) is 5.91 Å². The highest BCUT2D eigenvalue weighted by atomic mass is 19.1. The lowest BCUT2D eigenvalue weighted by Gasteiger charge is -2.17. The van der Waals surface area contributed by atoms with Gasteiger partial charge >= 0.3 is 6.09 Å². The van der Waals surface area contributed by atoms with Gasteiger partial charge in [-0.05, 0) is 36.2 Å². The van der Waals surface area contributed by atoms with Gasteiger partial charge in [0.15, 0.2) is 0 Å². The van der Waals surface area contributed by atoms with E-state index in [-0.39, 0.29) is 25.2 Å². The largest absolute Gasteiger partial charge is 0.442 e. The molecular formula is C21H23FN6O3. The fourth-order valence-electron chi connectivity index (χ4n) is 3.46. The average molecular weight is 426 g/mol. The molecule has 4 rings (SSSR count). The minimum absolute atomic E-state index is 0.0276. The van der Waals surface area contributed by atoms with Crippen LogP contribution >= 0.6 is 0 Å². The summed E-state index contributed by atoms with van der Waals surface area (Å²) in [6.45, 7) is 4.41. The van der Waals surface area contributed by atoms with Gasteiger partial charge in [-0.3, -0.25) is 15.1 Å². The first-order chi connectivity index (χ1) is 14.9. The van der Waals surface area contributed by atoms with Crippen LogP contribution in [0, 0.1) is 5.82 Å². The Morgan fingerprint density at radius 1 is 1.29 bits per heavy atom. The molecule has 31 heavy (non-hydrogen) atoms. The van der Waals surface area contributed by atoms with Crippen molar-refractivity contribution in [3.05, 3.63) is 53.8 Å². The number of halogens is 1. The number of nitrogens with one attached hydrogen (secondary N) is 2. The van der Waals surface area contributed by atoms with Crippen molar-refractivity contribution in [3.63, 3.8) is 0 Å². The minimum atomic E-state index is -0.561. The van der Waals surface area contributed by atoms with Crippen LogP contribution in [-0.4, -0.2) is 42.4 Å². The molecule has 2 atom stereocenters. The summed E-state index contributed by atoms with van der Waals surface area (Å²) < 4.78 is 20.1. The maximum atomic E-state index is 14.9. The third-order valence-corrected chi connectivity index (χ3v) is 5.18. The number of nitrogens with zero attached hydrogens (tertiary/aromatic N) is 4. The lowest BCUT2D eigenvalue weighted by Crippen LogP contribution is -2.33. The molecular weight excluding hydrogens is 403 g/mol. The van der Waals surface area contributed by atoms with Gasteiger partial charge in [-0.25, -0.2) is 14.2 Å². The molecule has 9 nitrogen and oxygen atoms in total. The van der Waals surface area contributed by atoms with Crippen molar-refractivity contribution in [3.8, 4) is 11.1 Å². The van der Waals surface area contributed by atoms with Gasteiger partial charge < -0.3 is 10.1 Å². The van der Waals surface area contributed by atoms with Gasteiger partial charge in [0.25, 0.3) is 0 Å². The number of hydrogen-bond acceptors (Lipinski definition) is 7. The number of amides is 2. The standard InChI is InChI=1S/C21H23FN6O3/c1-13-24-25-26-28(13)11-15-3-5-16(6-4-15)19-8-7-17(9-20(19)22)27-12-18(31-21(27)30)10-23-14(2)29/h3-9,13,18H,10-12H2,1-2H3,(H,23,29)(H,24,26)/t13?,18-/m0/s1. The highest BCUT2D eigenvalue weighted by molar-refractivity contribution is 5.90. The molecule has 1 fully saturated rings. The second-order valence-electron chi connectivity index (χ2n) is 7.51. The molecule has 1 unspecified atom stereocenters. The summed E-state index contributed by atoms with van der Waals surface area (Å²) in [5.41, 5.74) is 5.47. The topological polar surface area (TPSA) is 98.6 Å². The number of rotatable bonds is 6. The molecule has 2 aliphatic rings. The monoisotopic (exact) mass is 426 g/mol. The third-order valence-electron chi connectivity index (χ3n) is 5.18. The number of carbonyl (C=O) groups is 2. The normalized spacial score (nSPS) is 20.0. The predicted molar refractivity (Wildman–Crippen MR) is 111 cm³/mol. The van der Waals surface area contributed by atoms with E-state index in [1.807, 2.05) is 36.2 Å². The highest BCUT2D eigenvalue weighted by Gasteiger charge is 2.32. The van der Waals surface area contributed by atoms with Crippen LogP contribution in [0.1, 0.15) is 19.4 Å². The Labute approximate surface area is 178 Å². The van der Waals surface area contributed by atoms with E-state index in [4.69, 9.17) is 4.74 Å². The zero-order chi connectivity index (χ0) is 22.0. The maximum Gasteiger partial charge on any atom is 0.414 e. The predicted octanol–water partition coefficient (Wildman–Crippen LogP) is 2.99. The molecule has 0 radical (unpaired) electrons. The lowest BCUT2D eigenvalue weighted by atomic mass is 10.0. The Morgan fingerprint density at radius 2 is 2.06 bits per heavy atom. The quantitative estimate of drug-likeness (QED) is 0.740. The van der Waals surface area contributed by atoms with E-state index in [0.29, 0.717) is 17.8 Å². The van der Waals surface area contributed by atoms with Gasteiger partial charge in [0.1, 0.15) is 18.1 Å². The van der Waals surface area contributed by atoms with Crippen molar-refractivity contribution in [1.82, 2.24) is 15.8 Å². The van der Waals surface area contributed by atoms with Gasteiger partial charge in [0.05, 0.1) is 25.3 Å². The summed E-state index contributed by atoms with van der Waals surface area (Å²) in [6, 6.07) is 12.2. The number of ether oxygens (including phenoxy) is 1. The minimum Gasteiger partial charge on any atom is -0.442 e. The van der Waals surface area contributed by atoms with Crippen LogP contribution in [0.4, 0.5) is 14.9 Å². The molecule has 1 saturated heterocycles. The second kappa shape index (κ2) is 8.58. The Bertz CT molecular complexity index is 1010. The molecule has 162 valence electrons. The van der Waals surface area contributed by atoms with Crippen LogP contribution < -0.4 is 15.6 Å². The molecule has 0 bridgehead atoms. The second-order valence-corrected chi connectivity index (χ2v) is 7.51. The number of carbonyl (C=O) groups excluding carboxylic acids is 2. The summed E-state index contributed by atoms with van der Waals surface area (Å²) >= 11 is 0. The summed E-state index contributed by atoms with van der Waals surface area (Å²) in [5.74, 6) is -0.638. The molecule has 2 aromatic carbocycles. The Balaban J connectivity index is 1.44. The summed E-state index contributed by atoms with van der Waals surface area (Å²) in [7, 11) is 0. The highest BCUT2D eigenvalue weighted by Crippen LogP contribution is 2.29. The summed E-state index contributed by atoms with van der Waals surface area (Å²) in [5, 5.41) is 12.2. The average Bonchev–Trinajstić information content (AvgIpc) is 3.32. The third kappa shape index (κ3) is 4.57. The van der Waals surface area contributed by atoms with E-state index < -0.39 is 18.0 Å². The Hall–Kier alpha value is -3.69. The summed E-state index contributed by atoms with van der Waals surface area (Å²) in [6.07, 6.45) is -1.01. The van der Waals surface area contributed by atoms with E-state index >= 15 is 0 Å². The molecule has 0 spiro atoms. The van der Waals surface area contributed by atoms with Crippen molar-refractivity contribution in [2.75, 3.05) is 18.0 Å². The van der Waals surface area contributed by atoms with Crippen molar-refractivity contribution in [2.45, 2.75) is 32.7 Å². The first-order valence-electron chi connectivity index (χ1n) is 9.95. The van der Waals surface area contributed by atoms with Gasteiger partial charge in [-0.1, -0.05) is 34.7 Å². The van der Waals surface area contributed by atoms with Gasteiger partial charge in [0, 0.05) is 12.5 Å². The first kappa shape index (κ1) is 20.6. The zero-order valence-corrected chi connectivity index (χ0v) is 17.2.